The van der Waals surface area contributed by atoms with Crippen molar-refractivity contribution in [3.8, 4) is 0 Å². The van der Waals surface area contributed by atoms with Crippen LogP contribution in [0.4, 0.5) is 4.79 Å². The monoisotopic (exact) mass is 361 g/mol. The lowest BCUT2D eigenvalue weighted by Crippen LogP contribution is -2.51. The third kappa shape index (κ3) is 5.67. The first-order valence-electron chi connectivity index (χ1n) is 7.97. The number of carbonyl (C=O) groups is 2. The zero-order valence-corrected chi connectivity index (χ0v) is 15.7. The van der Waals surface area contributed by atoms with Crippen LogP contribution in [-0.4, -0.2) is 33.0 Å². The third-order valence-corrected chi connectivity index (χ3v) is 5.02. The van der Waals surface area contributed by atoms with E-state index in [2.05, 4.69) is 5.32 Å². The highest BCUT2D eigenvalue weighted by Gasteiger charge is 2.33. The number of benzene rings is 1. The van der Waals surface area contributed by atoms with E-state index >= 15 is 0 Å². The van der Waals surface area contributed by atoms with Gasteiger partial charge in [-0.2, -0.15) is 0 Å². The topological polar surface area (TPSA) is 72.5 Å². The maximum Gasteiger partial charge on any atom is 0.408 e. The van der Waals surface area contributed by atoms with Crippen LogP contribution in [0.3, 0.4) is 0 Å². The van der Waals surface area contributed by atoms with Gasteiger partial charge >= 0.3 is 6.09 Å². The number of rotatable bonds is 4. The van der Waals surface area contributed by atoms with Crippen LogP contribution in [0, 0.1) is 6.92 Å². The Morgan fingerprint density at radius 2 is 1.72 bits per heavy atom. The van der Waals surface area contributed by atoms with Crippen LogP contribution in [-0.2, 0) is 20.3 Å². The number of aryl methyl sites for hydroxylation is 1. The van der Waals surface area contributed by atoms with E-state index in [0.29, 0.717) is 4.90 Å². The number of ether oxygens (including phenoxy) is 1. The Bertz CT molecular complexity index is 726. The summed E-state index contributed by atoms with van der Waals surface area (Å²) < 4.78 is 18.0. The summed E-state index contributed by atoms with van der Waals surface area (Å²) in [6.45, 7) is 7.25. The molecule has 2 rings (SSSR count). The summed E-state index contributed by atoms with van der Waals surface area (Å²) in [6.07, 6.45) is 5.22. The van der Waals surface area contributed by atoms with Gasteiger partial charge in [-0.05, 0) is 52.0 Å². The van der Waals surface area contributed by atoms with Gasteiger partial charge in [-0.1, -0.05) is 29.8 Å². The van der Waals surface area contributed by atoms with Crippen LogP contribution < -0.4 is 5.32 Å². The van der Waals surface area contributed by atoms with E-state index in [-0.39, 0.29) is 11.5 Å². The lowest BCUT2D eigenvalue weighted by Gasteiger charge is -2.31. The van der Waals surface area contributed by atoms with Crippen LogP contribution in [0.5, 0.6) is 0 Å². The molecular weight excluding hydrogens is 338 g/mol. The summed E-state index contributed by atoms with van der Waals surface area (Å²) in [4.78, 5) is 24.3. The Kier molecular flexibility index (Phi) is 5.62. The molecule has 1 amide bonds. The van der Waals surface area contributed by atoms with Gasteiger partial charge in [0.25, 0.3) is 0 Å². The highest BCUT2D eigenvalue weighted by Crippen LogP contribution is 2.21. The van der Waals surface area contributed by atoms with Crippen molar-refractivity contribution in [3.63, 3.8) is 0 Å². The summed E-state index contributed by atoms with van der Waals surface area (Å²) in [5, 5.41) is 2.74. The average molecular weight is 361 g/mol. The zero-order chi connectivity index (χ0) is 18.7. The van der Waals surface area contributed by atoms with Crippen molar-refractivity contribution in [3.05, 3.63) is 54.1 Å². The van der Waals surface area contributed by atoms with E-state index in [9.17, 15) is 13.8 Å². The Balaban J connectivity index is 2.21. The number of hydrogen-bond donors (Lipinski definition) is 1. The second kappa shape index (κ2) is 7.35. The van der Waals surface area contributed by atoms with Gasteiger partial charge in [0.15, 0.2) is 5.78 Å². The molecule has 0 bridgehead atoms. The van der Waals surface area contributed by atoms with Crippen molar-refractivity contribution < 1.29 is 18.5 Å². The molecule has 6 heteroatoms. The first kappa shape index (κ1) is 19.1. The van der Waals surface area contributed by atoms with Gasteiger partial charge in [0.2, 0.25) is 0 Å². The number of ketones is 1. The van der Waals surface area contributed by atoms with E-state index < -0.39 is 28.0 Å². The van der Waals surface area contributed by atoms with Gasteiger partial charge < -0.3 is 10.1 Å². The molecule has 0 spiro atoms. The van der Waals surface area contributed by atoms with Gasteiger partial charge in [-0.25, -0.2) is 4.79 Å². The van der Waals surface area contributed by atoms with Crippen LogP contribution in [0.15, 0.2) is 53.5 Å². The molecular formula is C19H23NO4S. The minimum atomic E-state index is -1.36. The minimum absolute atomic E-state index is 0.107. The molecule has 5 nitrogen and oxygen atoms in total. The maximum absolute atomic E-state index is 12.7. The van der Waals surface area contributed by atoms with Crippen LogP contribution in [0.1, 0.15) is 26.3 Å². The first-order valence-corrected chi connectivity index (χ1v) is 9.29. The number of amides is 1. The molecule has 1 aliphatic rings. The van der Waals surface area contributed by atoms with E-state index in [1.165, 1.54) is 12.2 Å². The second-order valence-corrected chi connectivity index (χ2v) is 8.49. The Morgan fingerprint density at radius 3 is 2.24 bits per heavy atom. The molecule has 0 saturated carbocycles. The van der Waals surface area contributed by atoms with E-state index in [1.807, 2.05) is 19.1 Å². The van der Waals surface area contributed by atoms with Crippen molar-refractivity contribution in [2.24, 2.45) is 0 Å². The van der Waals surface area contributed by atoms with Gasteiger partial charge in [0, 0.05) is 4.90 Å². The zero-order valence-electron chi connectivity index (χ0n) is 14.9. The number of nitrogens with one attached hydrogen (secondary N) is 1. The van der Waals surface area contributed by atoms with Crippen molar-refractivity contribution in [1.29, 1.82) is 0 Å². The molecule has 0 radical (unpaired) electrons. The van der Waals surface area contributed by atoms with Crippen LogP contribution in [0.25, 0.3) is 0 Å². The summed E-state index contributed by atoms with van der Waals surface area (Å²) in [5.41, 5.74) is -0.615. The normalized spacial score (nSPS) is 17.2. The molecule has 134 valence electrons. The Morgan fingerprint density at radius 1 is 1.16 bits per heavy atom. The largest absolute Gasteiger partial charge is 0.444 e. The maximum atomic E-state index is 12.7. The summed E-state index contributed by atoms with van der Waals surface area (Å²) >= 11 is 0. The first-order chi connectivity index (χ1) is 11.6. The predicted molar refractivity (Wildman–Crippen MR) is 97.8 cm³/mol. The molecule has 1 N–H and O–H groups in total. The van der Waals surface area contributed by atoms with E-state index in [0.717, 1.165) is 5.56 Å². The molecule has 0 heterocycles. The summed E-state index contributed by atoms with van der Waals surface area (Å²) in [7, 11) is -1.36. The molecule has 0 saturated heterocycles. The number of hydrogen-bond acceptors (Lipinski definition) is 4. The highest BCUT2D eigenvalue weighted by molar-refractivity contribution is 7.85. The fraction of sp³-hybridized carbons (Fsp3) is 0.368. The molecule has 0 fully saturated rings. The summed E-state index contributed by atoms with van der Waals surface area (Å²) in [5.74, 6) is -0.0713. The minimum Gasteiger partial charge on any atom is -0.444 e. The van der Waals surface area contributed by atoms with Gasteiger partial charge in [-0.3, -0.25) is 9.00 Å². The van der Waals surface area contributed by atoms with Crippen molar-refractivity contribution in [2.45, 2.75) is 43.7 Å². The van der Waals surface area contributed by atoms with Gasteiger partial charge in [0.1, 0.15) is 5.60 Å². The van der Waals surface area contributed by atoms with Crippen molar-refractivity contribution in [1.82, 2.24) is 5.32 Å². The van der Waals surface area contributed by atoms with E-state index in [4.69, 9.17) is 4.74 Å². The van der Waals surface area contributed by atoms with Crippen LogP contribution in [0.2, 0.25) is 0 Å². The highest BCUT2D eigenvalue weighted by atomic mass is 32.2. The molecule has 1 aliphatic carbocycles. The predicted octanol–water partition coefficient (Wildman–Crippen LogP) is 3.06. The molecule has 1 aromatic carbocycles. The fourth-order valence-corrected chi connectivity index (χ4v) is 3.58. The number of allylic oxidation sites excluding steroid dienone is 2. The number of alkyl carbamates (subject to hydrolysis) is 1. The Labute approximate surface area is 150 Å². The molecule has 1 aromatic rings. The summed E-state index contributed by atoms with van der Waals surface area (Å²) in [6, 6.07) is 7.37. The standard InChI is InChI=1S/C19H23NO4S/c1-14-5-7-16(8-6-14)25(23)13-19(11-9-15(21)10-12-19)20-17(22)24-18(2,3)4/h5-12H,13H2,1-4H3,(H,20,22). The third-order valence-electron chi connectivity index (χ3n) is 3.48. The fourth-order valence-electron chi connectivity index (χ4n) is 2.27. The average Bonchev–Trinajstić information content (AvgIpc) is 2.49. The lowest BCUT2D eigenvalue weighted by atomic mass is 9.96. The Hall–Kier alpha value is -2.21. The van der Waals surface area contributed by atoms with Crippen molar-refractivity contribution in [2.75, 3.05) is 5.75 Å². The molecule has 1 unspecified atom stereocenters. The smallest absolute Gasteiger partial charge is 0.408 e. The SMILES string of the molecule is Cc1ccc(S(=O)CC2(NC(=O)OC(C)(C)C)C=CC(=O)C=C2)cc1. The quantitative estimate of drug-likeness (QED) is 0.895. The lowest BCUT2D eigenvalue weighted by molar-refractivity contribution is -0.110. The van der Waals surface area contributed by atoms with Gasteiger partial charge in [0.05, 0.1) is 22.1 Å². The molecule has 1 atom stereocenters. The molecule has 0 aliphatic heterocycles. The second-order valence-electron chi connectivity index (χ2n) is 7.04. The van der Waals surface area contributed by atoms with E-state index in [1.54, 1.807) is 45.1 Å². The van der Waals surface area contributed by atoms with Crippen molar-refractivity contribution >= 4 is 22.7 Å². The molecule has 25 heavy (non-hydrogen) atoms. The van der Waals surface area contributed by atoms with Crippen LogP contribution >= 0.6 is 0 Å². The van der Waals surface area contributed by atoms with Gasteiger partial charge in [-0.15, -0.1) is 0 Å². The number of carbonyl (C=O) groups excluding carboxylic acids is 2. The molecule has 0 aromatic heterocycles.